The fourth-order valence-corrected chi connectivity index (χ4v) is 3.27. The standard InChI is InChI=1S/C20H18FN3O3/c1-13-22-17-12-15(5-6-18(17)27-13)20(26)24-9-7-23(8-10-24)19(25)14-3-2-4-16(21)11-14/h2-6,11-12H,7-10H2,1H3. The molecular weight excluding hydrogens is 349 g/mol. The molecule has 2 aromatic carbocycles. The lowest BCUT2D eigenvalue weighted by atomic mass is 10.1. The van der Waals surface area contributed by atoms with Crippen LogP contribution in [0.25, 0.3) is 11.1 Å². The van der Waals surface area contributed by atoms with Crippen molar-refractivity contribution < 1.29 is 18.4 Å². The number of hydrogen-bond acceptors (Lipinski definition) is 4. The minimum atomic E-state index is -0.437. The molecule has 1 aromatic heterocycles. The van der Waals surface area contributed by atoms with Gasteiger partial charge in [0.25, 0.3) is 11.8 Å². The van der Waals surface area contributed by atoms with E-state index in [1.807, 2.05) is 0 Å². The summed E-state index contributed by atoms with van der Waals surface area (Å²) in [5.74, 6) is -0.205. The molecule has 1 saturated heterocycles. The number of halogens is 1. The normalized spacial score (nSPS) is 14.6. The first-order valence-electron chi connectivity index (χ1n) is 8.72. The molecule has 0 spiro atoms. The number of amides is 2. The Morgan fingerprint density at radius 3 is 2.22 bits per heavy atom. The van der Waals surface area contributed by atoms with E-state index in [-0.39, 0.29) is 11.8 Å². The summed E-state index contributed by atoms with van der Waals surface area (Å²) in [5.41, 5.74) is 2.16. The van der Waals surface area contributed by atoms with E-state index < -0.39 is 5.82 Å². The molecule has 138 valence electrons. The maximum atomic E-state index is 13.3. The summed E-state index contributed by atoms with van der Waals surface area (Å²) >= 11 is 0. The highest BCUT2D eigenvalue weighted by molar-refractivity contribution is 5.98. The first-order valence-corrected chi connectivity index (χ1v) is 8.72. The van der Waals surface area contributed by atoms with Crippen LogP contribution in [0.1, 0.15) is 26.6 Å². The van der Waals surface area contributed by atoms with Gasteiger partial charge in [0.05, 0.1) is 0 Å². The summed E-state index contributed by atoms with van der Waals surface area (Å²) in [6, 6.07) is 10.8. The summed E-state index contributed by atoms with van der Waals surface area (Å²) < 4.78 is 18.8. The number of carbonyl (C=O) groups excluding carboxylic acids is 2. The van der Waals surface area contributed by atoms with Gasteiger partial charge in [-0.3, -0.25) is 9.59 Å². The Labute approximate surface area is 155 Å². The zero-order valence-electron chi connectivity index (χ0n) is 14.8. The molecule has 0 atom stereocenters. The maximum absolute atomic E-state index is 13.3. The SMILES string of the molecule is Cc1nc2cc(C(=O)N3CCN(C(=O)c4cccc(F)c4)CC3)ccc2o1. The molecule has 6 nitrogen and oxygen atoms in total. The van der Waals surface area contributed by atoms with Gasteiger partial charge in [0.15, 0.2) is 11.5 Å². The molecule has 27 heavy (non-hydrogen) atoms. The Bertz CT molecular complexity index is 1020. The topological polar surface area (TPSA) is 66.7 Å². The van der Waals surface area contributed by atoms with E-state index in [4.69, 9.17) is 4.42 Å². The van der Waals surface area contributed by atoms with Gasteiger partial charge in [-0.05, 0) is 36.4 Å². The van der Waals surface area contributed by atoms with Crippen molar-refractivity contribution in [3.63, 3.8) is 0 Å². The molecule has 1 aliphatic rings. The molecular formula is C20H18FN3O3. The molecule has 2 amide bonds. The lowest BCUT2D eigenvalue weighted by Gasteiger charge is -2.34. The molecule has 0 aliphatic carbocycles. The minimum absolute atomic E-state index is 0.101. The van der Waals surface area contributed by atoms with Crippen LogP contribution in [0.3, 0.4) is 0 Å². The predicted octanol–water partition coefficient (Wildman–Crippen LogP) is 2.87. The highest BCUT2D eigenvalue weighted by Gasteiger charge is 2.26. The second-order valence-corrected chi connectivity index (χ2v) is 6.51. The van der Waals surface area contributed by atoms with Gasteiger partial charge in [0, 0.05) is 44.2 Å². The van der Waals surface area contributed by atoms with Crippen molar-refractivity contribution in [1.29, 1.82) is 0 Å². The smallest absolute Gasteiger partial charge is 0.254 e. The zero-order chi connectivity index (χ0) is 19.0. The van der Waals surface area contributed by atoms with Crippen LogP contribution in [0.15, 0.2) is 46.9 Å². The molecule has 1 fully saturated rings. The minimum Gasteiger partial charge on any atom is -0.441 e. The molecule has 4 rings (SSSR count). The Morgan fingerprint density at radius 1 is 0.963 bits per heavy atom. The van der Waals surface area contributed by atoms with Crippen LogP contribution >= 0.6 is 0 Å². The van der Waals surface area contributed by atoms with Crippen LogP contribution in [-0.4, -0.2) is 52.8 Å². The van der Waals surface area contributed by atoms with E-state index >= 15 is 0 Å². The quantitative estimate of drug-likeness (QED) is 0.699. The van der Waals surface area contributed by atoms with E-state index in [1.54, 1.807) is 41.0 Å². The van der Waals surface area contributed by atoms with Crippen molar-refractivity contribution >= 4 is 22.9 Å². The highest BCUT2D eigenvalue weighted by atomic mass is 19.1. The third-order valence-electron chi connectivity index (χ3n) is 4.67. The van der Waals surface area contributed by atoms with Crippen molar-refractivity contribution in [1.82, 2.24) is 14.8 Å². The zero-order valence-corrected chi connectivity index (χ0v) is 14.8. The van der Waals surface area contributed by atoms with Crippen molar-refractivity contribution in [2.24, 2.45) is 0 Å². The number of oxazole rings is 1. The van der Waals surface area contributed by atoms with E-state index in [0.717, 1.165) is 0 Å². The third kappa shape index (κ3) is 3.40. The molecule has 0 unspecified atom stereocenters. The number of nitrogens with zero attached hydrogens (tertiary/aromatic N) is 3. The van der Waals surface area contributed by atoms with Gasteiger partial charge in [-0.25, -0.2) is 9.37 Å². The van der Waals surface area contributed by atoms with E-state index in [9.17, 15) is 14.0 Å². The second kappa shape index (κ2) is 6.83. The van der Waals surface area contributed by atoms with Crippen LogP contribution in [-0.2, 0) is 0 Å². The summed E-state index contributed by atoms with van der Waals surface area (Å²) in [5, 5.41) is 0. The lowest BCUT2D eigenvalue weighted by Crippen LogP contribution is -2.50. The molecule has 7 heteroatoms. The summed E-state index contributed by atoms with van der Waals surface area (Å²) in [4.78, 5) is 32.8. The Kier molecular flexibility index (Phi) is 4.35. The number of carbonyl (C=O) groups is 2. The van der Waals surface area contributed by atoms with Gasteiger partial charge in [-0.1, -0.05) is 6.07 Å². The molecule has 0 radical (unpaired) electrons. The second-order valence-electron chi connectivity index (χ2n) is 6.51. The average molecular weight is 367 g/mol. The molecule has 3 aromatic rings. The van der Waals surface area contributed by atoms with Crippen LogP contribution < -0.4 is 0 Å². The third-order valence-corrected chi connectivity index (χ3v) is 4.67. The van der Waals surface area contributed by atoms with Gasteiger partial charge < -0.3 is 14.2 Å². The summed E-state index contributed by atoms with van der Waals surface area (Å²) in [6.07, 6.45) is 0. The van der Waals surface area contributed by atoms with E-state index in [2.05, 4.69) is 4.98 Å². The Balaban J connectivity index is 1.43. The Morgan fingerprint density at radius 2 is 1.59 bits per heavy atom. The number of hydrogen-bond donors (Lipinski definition) is 0. The summed E-state index contributed by atoms with van der Waals surface area (Å²) in [7, 11) is 0. The fourth-order valence-electron chi connectivity index (χ4n) is 3.27. The first-order chi connectivity index (χ1) is 13.0. The van der Waals surface area contributed by atoms with Gasteiger partial charge in [-0.2, -0.15) is 0 Å². The fraction of sp³-hybridized carbons (Fsp3) is 0.250. The number of rotatable bonds is 2. The van der Waals surface area contributed by atoms with Crippen molar-refractivity contribution in [3.05, 3.63) is 65.3 Å². The largest absolute Gasteiger partial charge is 0.441 e. The predicted molar refractivity (Wildman–Crippen MR) is 97.0 cm³/mol. The number of piperazine rings is 1. The van der Waals surface area contributed by atoms with Crippen molar-refractivity contribution in [3.8, 4) is 0 Å². The maximum Gasteiger partial charge on any atom is 0.254 e. The van der Waals surface area contributed by atoms with Gasteiger partial charge in [0.1, 0.15) is 11.3 Å². The van der Waals surface area contributed by atoms with Crippen molar-refractivity contribution in [2.45, 2.75) is 6.92 Å². The van der Waals surface area contributed by atoms with Crippen LogP contribution in [0, 0.1) is 12.7 Å². The number of benzene rings is 2. The van der Waals surface area contributed by atoms with Gasteiger partial charge >= 0.3 is 0 Å². The highest BCUT2D eigenvalue weighted by Crippen LogP contribution is 2.19. The lowest BCUT2D eigenvalue weighted by molar-refractivity contribution is 0.0535. The summed E-state index contributed by atoms with van der Waals surface area (Å²) in [6.45, 7) is 3.43. The number of aryl methyl sites for hydroxylation is 1. The monoisotopic (exact) mass is 367 g/mol. The van der Waals surface area contributed by atoms with Crippen LogP contribution in [0.2, 0.25) is 0 Å². The molecule has 0 saturated carbocycles. The molecule has 0 bridgehead atoms. The van der Waals surface area contributed by atoms with Crippen molar-refractivity contribution in [2.75, 3.05) is 26.2 Å². The van der Waals surface area contributed by atoms with Crippen LogP contribution in [0.5, 0.6) is 0 Å². The molecule has 2 heterocycles. The van der Waals surface area contributed by atoms with E-state index in [0.29, 0.717) is 54.3 Å². The number of aromatic nitrogens is 1. The van der Waals surface area contributed by atoms with Crippen LogP contribution in [0.4, 0.5) is 4.39 Å². The Hall–Kier alpha value is -3.22. The number of fused-ring (bicyclic) bond motifs is 1. The average Bonchev–Trinajstić information content (AvgIpc) is 3.06. The van der Waals surface area contributed by atoms with Gasteiger partial charge in [-0.15, -0.1) is 0 Å². The van der Waals surface area contributed by atoms with Gasteiger partial charge in [0.2, 0.25) is 0 Å². The molecule has 1 aliphatic heterocycles. The van der Waals surface area contributed by atoms with E-state index in [1.165, 1.54) is 18.2 Å². The molecule has 0 N–H and O–H groups in total. The first kappa shape index (κ1) is 17.2.